The fourth-order valence-electron chi connectivity index (χ4n) is 2.48. The lowest BCUT2D eigenvalue weighted by atomic mass is 10.1. The average Bonchev–Trinajstić information content (AvgIpc) is 2.74. The topological polar surface area (TPSA) is 69.7 Å². The maximum Gasteiger partial charge on any atom is 0.240 e. The Hall–Kier alpha value is -1.59. The molecule has 0 aromatic heterocycles. The molecule has 1 aliphatic rings. The average molecular weight is 297 g/mol. The molecule has 0 aliphatic carbocycles. The quantitative estimate of drug-likeness (QED) is 0.808. The predicted molar refractivity (Wildman–Crippen MR) is 80.5 cm³/mol. The fourth-order valence-corrected chi connectivity index (χ4v) is 2.48. The van der Waals surface area contributed by atoms with E-state index in [9.17, 15) is 14.4 Å². The SMILES string of the molecule is CCN1CC(C(=O)N(CC)CC(=O)NC(C)(C)C)CC1=O. The third-order valence-corrected chi connectivity index (χ3v) is 3.49. The van der Waals surface area contributed by atoms with E-state index in [0.29, 0.717) is 19.6 Å². The van der Waals surface area contributed by atoms with Crippen molar-refractivity contribution in [2.45, 2.75) is 46.6 Å². The molecule has 1 aliphatic heterocycles. The van der Waals surface area contributed by atoms with Gasteiger partial charge in [-0.05, 0) is 34.6 Å². The Morgan fingerprint density at radius 2 is 1.95 bits per heavy atom. The molecule has 1 heterocycles. The standard InChI is InChI=1S/C15H27N3O3/c1-6-17-9-11(8-13(17)20)14(21)18(7-2)10-12(19)16-15(3,4)5/h11H,6-10H2,1-5H3,(H,16,19). The van der Waals surface area contributed by atoms with Crippen molar-refractivity contribution in [3.05, 3.63) is 0 Å². The fraction of sp³-hybridized carbons (Fsp3) is 0.800. The van der Waals surface area contributed by atoms with E-state index in [2.05, 4.69) is 5.32 Å². The second kappa shape index (κ2) is 6.91. The molecule has 120 valence electrons. The van der Waals surface area contributed by atoms with Crippen molar-refractivity contribution in [2.24, 2.45) is 5.92 Å². The van der Waals surface area contributed by atoms with Crippen LogP contribution in [0.1, 0.15) is 41.0 Å². The van der Waals surface area contributed by atoms with Gasteiger partial charge in [0.2, 0.25) is 17.7 Å². The Labute approximate surface area is 126 Å². The van der Waals surface area contributed by atoms with Crippen LogP contribution in [0.4, 0.5) is 0 Å². The molecule has 6 nitrogen and oxygen atoms in total. The number of hydrogen-bond acceptors (Lipinski definition) is 3. The Balaban J connectivity index is 2.62. The summed E-state index contributed by atoms with van der Waals surface area (Å²) in [4.78, 5) is 39.3. The van der Waals surface area contributed by atoms with Crippen LogP contribution in [0, 0.1) is 5.92 Å². The van der Waals surface area contributed by atoms with Gasteiger partial charge in [0, 0.05) is 31.6 Å². The van der Waals surface area contributed by atoms with Gasteiger partial charge in [0.1, 0.15) is 0 Å². The van der Waals surface area contributed by atoms with Gasteiger partial charge in [-0.3, -0.25) is 14.4 Å². The highest BCUT2D eigenvalue weighted by molar-refractivity contribution is 5.91. The van der Waals surface area contributed by atoms with Gasteiger partial charge in [0.15, 0.2) is 0 Å². The smallest absolute Gasteiger partial charge is 0.240 e. The summed E-state index contributed by atoms with van der Waals surface area (Å²) in [6.45, 7) is 11.0. The maximum absolute atomic E-state index is 12.5. The Kier molecular flexibility index (Phi) is 5.75. The number of amides is 3. The number of rotatable bonds is 5. The molecule has 0 saturated carbocycles. The minimum atomic E-state index is -0.320. The first-order valence-corrected chi connectivity index (χ1v) is 7.55. The van der Waals surface area contributed by atoms with E-state index in [1.54, 1.807) is 4.90 Å². The second-order valence-corrected chi connectivity index (χ2v) is 6.48. The van der Waals surface area contributed by atoms with E-state index in [1.165, 1.54) is 4.90 Å². The summed E-state index contributed by atoms with van der Waals surface area (Å²) in [6, 6.07) is 0. The van der Waals surface area contributed by atoms with Gasteiger partial charge >= 0.3 is 0 Å². The van der Waals surface area contributed by atoms with Gasteiger partial charge in [0.25, 0.3) is 0 Å². The van der Waals surface area contributed by atoms with Gasteiger partial charge in [0.05, 0.1) is 12.5 Å². The van der Waals surface area contributed by atoms with Crippen LogP contribution in [-0.4, -0.2) is 59.2 Å². The maximum atomic E-state index is 12.5. The molecule has 1 fully saturated rings. The molecule has 3 amide bonds. The number of likely N-dealkylation sites (N-methyl/N-ethyl adjacent to an activating group) is 1. The lowest BCUT2D eigenvalue weighted by Gasteiger charge is -2.26. The normalized spacial score (nSPS) is 18.8. The highest BCUT2D eigenvalue weighted by Crippen LogP contribution is 2.19. The van der Waals surface area contributed by atoms with Gasteiger partial charge in [-0.15, -0.1) is 0 Å². The van der Waals surface area contributed by atoms with E-state index < -0.39 is 0 Å². The molecule has 1 unspecified atom stereocenters. The lowest BCUT2D eigenvalue weighted by molar-refractivity contribution is -0.139. The van der Waals surface area contributed by atoms with Crippen molar-refractivity contribution in [3.63, 3.8) is 0 Å². The molecular weight excluding hydrogens is 270 g/mol. The molecular formula is C15H27N3O3. The van der Waals surface area contributed by atoms with Crippen molar-refractivity contribution in [1.29, 1.82) is 0 Å². The highest BCUT2D eigenvalue weighted by Gasteiger charge is 2.35. The van der Waals surface area contributed by atoms with E-state index in [0.717, 1.165) is 0 Å². The molecule has 0 spiro atoms. The Bertz CT molecular complexity index is 415. The zero-order chi connectivity index (χ0) is 16.2. The monoisotopic (exact) mass is 297 g/mol. The number of hydrogen-bond donors (Lipinski definition) is 1. The first-order chi connectivity index (χ1) is 9.67. The van der Waals surface area contributed by atoms with Crippen LogP contribution in [0.3, 0.4) is 0 Å². The van der Waals surface area contributed by atoms with Crippen LogP contribution in [0.25, 0.3) is 0 Å². The summed E-state index contributed by atoms with van der Waals surface area (Å²) >= 11 is 0. The van der Waals surface area contributed by atoms with E-state index in [4.69, 9.17) is 0 Å². The van der Waals surface area contributed by atoms with Crippen LogP contribution >= 0.6 is 0 Å². The molecule has 0 aromatic carbocycles. The van der Waals surface area contributed by atoms with E-state index in [1.807, 2.05) is 34.6 Å². The zero-order valence-corrected chi connectivity index (χ0v) is 13.7. The van der Waals surface area contributed by atoms with Gasteiger partial charge in [-0.25, -0.2) is 0 Å². The number of nitrogens with zero attached hydrogens (tertiary/aromatic N) is 2. The molecule has 1 rings (SSSR count). The molecule has 0 aromatic rings. The van der Waals surface area contributed by atoms with Crippen LogP contribution in [0.2, 0.25) is 0 Å². The first-order valence-electron chi connectivity index (χ1n) is 7.55. The lowest BCUT2D eigenvalue weighted by Crippen LogP contribution is -2.48. The third kappa shape index (κ3) is 5.02. The van der Waals surface area contributed by atoms with Crippen molar-refractivity contribution in [3.8, 4) is 0 Å². The summed E-state index contributed by atoms with van der Waals surface area (Å²) in [6.07, 6.45) is 0.254. The molecule has 1 saturated heterocycles. The van der Waals surface area contributed by atoms with Crippen LogP contribution < -0.4 is 5.32 Å². The summed E-state index contributed by atoms with van der Waals surface area (Å²) in [5, 5.41) is 2.85. The summed E-state index contributed by atoms with van der Waals surface area (Å²) in [7, 11) is 0. The minimum Gasteiger partial charge on any atom is -0.350 e. The Morgan fingerprint density at radius 3 is 2.38 bits per heavy atom. The summed E-state index contributed by atoms with van der Waals surface area (Å²) in [5.74, 6) is -0.578. The Morgan fingerprint density at radius 1 is 1.33 bits per heavy atom. The third-order valence-electron chi connectivity index (χ3n) is 3.49. The highest BCUT2D eigenvalue weighted by atomic mass is 16.2. The molecule has 1 N–H and O–H groups in total. The van der Waals surface area contributed by atoms with Crippen LogP contribution in [0.15, 0.2) is 0 Å². The summed E-state index contributed by atoms with van der Waals surface area (Å²) < 4.78 is 0. The molecule has 0 radical (unpaired) electrons. The molecule has 6 heteroatoms. The molecule has 1 atom stereocenters. The first kappa shape index (κ1) is 17.5. The van der Waals surface area contributed by atoms with Gasteiger partial charge < -0.3 is 15.1 Å². The zero-order valence-electron chi connectivity index (χ0n) is 13.7. The van der Waals surface area contributed by atoms with E-state index >= 15 is 0 Å². The van der Waals surface area contributed by atoms with E-state index in [-0.39, 0.29) is 42.1 Å². The predicted octanol–water partition coefficient (Wildman–Crippen LogP) is 0.618. The summed E-state index contributed by atoms with van der Waals surface area (Å²) in [5.41, 5.74) is -0.318. The number of carbonyl (C=O) groups is 3. The van der Waals surface area contributed by atoms with Crippen LogP contribution in [0.5, 0.6) is 0 Å². The van der Waals surface area contributed by atoms with Crippen LogP contribution in [-0.2, 0) is 14.4 Å². The van der Waals surface area contributed by atoms with Crippen molar-refractivity contribution < 1.29 is 14.4 Å². The number of nitrogens with one attached hydrogen (secondary N) is 1. The van der Waals surface area contributed by atoms with Gasteiger partial charge in [-0.1, -0.05) is 0 Å². The second-order valence-electron chi connectivity index (χ2n) is 6.48. The van der Waals surface area contributed by atoms with Crippen molar-refractivity contribution in [1.82, 2.24) is 15.1 Å². The largest absolute Gasteiger partial charge is 0.350 e. The minimum absolute atomic E-state index is 0.0195. The molecule has 0 bridgehead atoms. The van der Waals surface area contributed by atoms with Gasteiger partial charge in [-0.2, -0.15) is 0 Å². The number of likely N-dealkylation sites (tertiary alicyclic amines) is 1. The number of carbonyl (C=O) groups excluding carboxylic acids is 3. The molecule has 21 heavy (non-hydrogen) atoms. The van der Waals surface area contributed by atoms with Crippen molar-refractivity contribution >= 4 is 17.7 Å². The van der Waals surface area contributed by atoms with Crippen molar-refractivity contribution in [2.75, 3.05) is 26.2 Å².